The van der Waals surface area contributed by atoms with Gasteiger partial charge >= 0.3 is 0 Å². The summed E-state index contributed by atoms with van der Waals surface area (Å²) in [5.41, 5.74) is 2.39. The van der Waals surface area contributed by atoms with Crippen molar-refractivity contribution < 1.29 is 14.7 Å². The standard InChI is InChI=1S/C22H25N3O3/c1-15-7-9-16(10-8-15)20(26)18-19(17-6-4-11-23-14-17)25(22(28)21(18)27)13-5-12-24(2)3/h4,6-11,14,19,26H,5,12-13H2,1-3H3/b20-18-. The van der Waals surface area contributed by atoms with Crippen LogP contribution in [0.3, 0.4) is 0 Å². The summed E-state index contributed by atoms with van der Waals surface area (Å²) in [5, 5.41) is 10.9. The molecule has 1 N–H and O–H groups in total. The zero-order chi connectivity index (χ0) is 20.3. The summed E-state index contributed by atoms with van der Waals surface area (Å²) in [4.78, 5) is 33.3. The van der Waals surface area contributed by atoms with E-state index in [1.54, 1.807) is 35.5 Å². The highest BCUT2D eigenvalue weighted by atomic mass is 16.3. The van der Waals surface area contributed by atoms with Crippen LogP contribution in [-0.4, -0.2) is 58.8 Å². The number of Topliss-reactive ketones (excluding diaryl/α,β-unsaturated/α-hetero) is 1. The summed E-state index contributed by atoms with van der Waals surface area (Å²) in [6, 6.07) is 10.2. The summed E-state index contributed by atoms with van der Waals surface area (Å²) >= 11 is 0. The Morgan fingerprint density at radius 2 is 1.89 bits per heavy atom. The summed E-state index contributed by atoms with van der Waals surface area (Å²) in [7, 11) is 3.92. The van der Waals surface area contributed by atoms with E-state index in [1.807, 2.05) is 44.1 Å². The predicted octanol–water partition coefficient (Wildman–Crippen LogP) is 2.76. The van der Waals surface area contributed by atoms with Crippen LogP contribution >= 0.6 is 0 Å². The zero-order valence-corrected chi connectivity index (χ0v) is 16.4. The molecule has 6 heteroatoms. The van der Waals surface area contributed by atoms with Gasteiger partial charge in [0.2, 0.25) is 0 Å². The number of carbonyl (C=O) groups excluding carboxylic acids is 2. The molecule has 1 saturated heterocycles. The van der Waals surface area contributed by atoms with E-state index in [4.69, 9.17) is 0 Å². The van der Waals surface area contributed by atoms with Crippen LogP contribution in [0.1, 0.15) is 29.2 Å². The van der Waals surface area contributed by atoms with Crippen LogP contribution in [0.25, 0.3) is 5.76 Å². The molecule has 3 rings (SSSR count). The van der Waals surface area contributed by atoms with Crippen molar-refractivity contribution in [1.82, 2.24) is 14.8 Å². The summed E-state index contributed by atoms with van der Waals surface area (Å²) in [6.45, 7) is 3.16. The Morgan fingerprint density at radius 1 is 1.18 bits per heavy atom. The second-order valence-corrected chi connectivity index (χ2v) is 7.30. The van der Waals surface area contributed by atoms with Gasteiger partial charge in [-0.3, -0.25) is 14.6 Å². The number of hydrogen-bond donors (Lipinski definition) is 1. The van der Waals surface area contributed by atoms with Gasteiger partial charge in [0.15, 0.2) is 0 Å². The Balaban J connectivity index is 2.06. The number of aliphatic hydroxyl groups is 1. The number of amides is 1. The van der Waals surface area contributed by atoms with E-state index in [0.29, 0.717) is 17.7 Å². The average molecular weight is 379 g/mol. The van der Waals surface area contributed by atoms with Gasteiger partial charge in [-0.2, -0.15) is 0 Å². The maximum absolute atomic E-state index is 12.8. The Hall–Kier alpha value is -2.99. The van der Waals surface area contributed by atoms with Crippen LogP contribution < -0.4 is 0 Å². The fourth-order valence-electron chi connectivity index (χ4n) is 3.42. The molecule has 2 heterocycles. The third-order valence-corrected chi connectivity index (χ3v) is 4.87. The van der Waals surface area contributed by atoms with Crippen LogP contribution in [-0.2, 0) is 9.59 Å². The second-order valence-electron chi connectivity index (χ2n) is 7.30. The predicted molar refractivity (Wildman–Crippen MR) is 108 cm³/mol. The molecule has 6 nitrogen and oxygen atoms in total. The number of aryl methyl sites for hydroxylation is 1. The lowest BCUT2D eigenvalue weighted by molar-refractivity contribution is -0.139. The van der Waals surface area contributed by atoms with E-state index in [2.05, 4.69) is 4.98 Å². The van der Waals surface area contributed by atoms with Crippen LogP contribution in [0.2, 0.25) is 0 Å². The Bertz CT molecular complexity index is 889. The van der Waals surface area contributed by atoms with E-state index < -0.39 is 17.7 Å². The molecular formula is C22H25N3O3. The first-order valence-corrected chi connectivity index (χ1v) is 9.30. The van der Waals surface area contributed by atoms with Crippen molar-refractivity contribution in [1.29, 1.82) is 0 Å². The molecule has 1 amide bonds. The molecule has 1 unspecified atom stereocenters. The molecule has 1 aliphatic heterocycles. The molecule has 0 radical (unpaired) electrons. The minimum atomic E-state index is -0.656. The normalized spacial score (nSPS) is 18.9. The molecule has 2 aromatic rings. The van der Waals surface area contributed by atoms with Gasteiger partial charge in [-0.05, 0) is 45.6 Å². The van der Waals surface area contributed by atoms with Crippen LogP contribution in [0.5, 0.6) is 0 Å². The van der Waals surface area contributed by atoms with Gasteiger partial charge in [0, 0.05) is 24.5 Å². The largest absolute Gasteiger partial charge is 0.507 e. The smallest absolute Gasteiger partial charge is 0.295 e. The number of carbonyl (C=O) groups is 2. The molecule has 146 valence electrons. The highest BCUT2D eigenvalue weighted by Crippen LogP contribution is 2.39. The highest BCUT2D eigenvalue weighted by molar-refractivity contribution is 6.46. The number of ketones is 1. The first kappa shape index (κ1) is 19.8. The third kappa shape index (κ3) is 3.97. The number of aliphatic hydroxyl groups excluding tert-OH is 1. The Morgan fingerprint density at radius 3 is 2.50 bits per heavy atom. The molecule has 0 spiro atoms. The van der Waals surface area contributed by atoms with E-state index in [-0.39, 0.29) is 11.3 Å². The lowest BCUT2D eigenvalue weighted by Gasteiger charge is -2.25. The highest BCUT2D eigenvalue weighted by Gasteiger charge is 2.45. The van der Waals surface area contributed by atoms with E-state index in [0.717, 1.165) is 18.5 Å². The van der Waals surface area contributed by atoms with Crippen molar-refractivity contribution in [2.75, 3.05) is 27.2 Å². The molecule has 1 aromatic carbocycles. The maximum Gasteiger partial charge on any atom is 0.295 e. The molecule has 0 aliphatic carbocycles. The number of rotatable bonds is 6. The van der Waals surface area contributed by atoms with Crippen molar-refractivity contribution in [3.8, 4) is 0 Å². The van der Waals surface area contributed by atoms with Crippen LogP contribution in [0, 0.1) is 6.92 Å². The number of likely N-dealkylation sites (tertiary alicyclic amines) is 1. The molecule has 1 atom stereocenters. The molecule has 1 fully saturated rings. The first-order chi connectivity index (χ1) is 13.4. The van der Waals surface area contributed by atoms with Gasteiger partial charge < -0.3 is 14.9 Å². The SMILES string of the molecule is Cc1ccc(/C(O)=C2/C(=O)C(=O)N(CCCN(C)C)C2c2cccnc2)cc1. The maximum atomic E-state index is 12.8. The van der Waals surface area contributed by atoms with Gasteiger partial charge in [0.05, 0.1) is 11.6 Å². The topological polar surface area (TPSA) is 73.7 Å². The third-order valence-electron chi connectivity index (χ3n) is 4.87. The Kier molecular flexibility index (Phi) is 5.90. The quantitative estimate of drug-likeness (QED) is 0.475. The number of aromatic nitrogens is 1. The summed E-state index contributed by atoms with van der Waals surface area (Å²) in [5.74, 6) is -1.39. The zero-order valence-electron chi connectivity index (χ0n) is 16.4. The van der Waals surface area contributed by atoms with Crippen molar-refractivity contribution in [3.05, 3.63) is 71.1 Å². The van der Waals surface area contributed by atoms with Gasteiger partial charge in [0.1, 0.15) is 5.76 Å². The van der Waals surface area contributed by atoms with Crippen molar-refractivity contribution in [2.24, 2.45) is 0 Å². The van der Waals surface area contributed by atoms with Crippen LogP contribution in [0.15, 0.2) is 54.4 Å². The van der Waals surface area contributed by atoms with Crippen LogP contribution in [0.4, 0.5) is 0 Å². The molecule has 1 aliphatic rings. The molecule has 28 heavy (non-hydrogen) atoms. The van der Waals surface area contributed by atoms with Gasteiger partial charge in [-0.25, -0.2) is 0 Å². The van der Waals surface area contributed by atoms with Crippen molar-refractivity contribution in [2.45, 2.75) is 19.4 Å². The Labute approximate surface area is 165 Å². The van der Waals surface area contributed by atoms with E-state index in [9.17, 15) is 14.7 Å². The number of pyridine rings is 1. The number of benzene rings is 1. The van der Waals surface area contributed by atoms with Gasteiger partial charge in [-0.15, -0.1) is 0 Å². The van der Waals surface area contributed by atoms with Gasteiger partial charge in [0.25, 0.3) is 11.7 Å². The second kappa shape index (κ2) is 8.35. The first-order valence-electron chi connectivity index (χ1n) is 9.30. The van der Waals surface area contributed by atoms with Gasteiger partial charge in [-0.1, -0.05) is 35.9 Å². The van der Waals surface area contributed by atoms with E-state index in [1.165, 1.54) is 0 Å². The lowest BCUT2D eigenvalue weighted by Crippen LogP contribution is -2.32. The number of hydrogen-bond acceptors (Lipinski definition) is 5. The minimum absolute atomic E-state index is 0.117. The molecule has 0 bridgehead atoms. The van der Waals surface area contributed by atoms with Crippen molar-refractivity contribution >= 4 is 17.4 Å². The lowest BCUT2D eigenvalue weighted by atomic mass is 9.96. The monoisotopic (exact) mass is 379 g/mol. The fraction of sp³-hybridized carbons (Fsp3) is 0.318. The fourth-order valence-corrected chi connectivity index (χ4v) is 3.42. The minimum Gasteiger partial charge on any atom is -0.507 e. The molecule has 0 saturated carbocycles. The average Bonchev–Trinajstić information content (AvgIpc) is 2.93. The summed E-state index contributed by atoms with van der Waals surface area (Å²) < 4.78 is 0. The number of nitrogens with zero attached hydrogens (tertiary/aromatic N) is 3. The van der Waals surface area contributed by atoms with Crippen molar-refractivity contribution in [3.63, 3.8) is 0 Å². The molecular weight excluding hydrogens is 354 g/mol. The summed E-state index contributed by atoms with van der Waals surface area (Å²) in [6.07, 6.45) is 4.00. The van der Waals surface area contributed by atoms with E-state index >= 15 is 0 Å². The molecule has 1 aromatic heterocycles.